The number of methoxy groups -OCH3 is 1. The molecule has 0 bridgehead atoms. The third-order valence-electron chi connectivity index (χ3n) is 2.11. The minimum Gasteiger partial charge on any atom is -0.468 e. The van der Waals surface area contributed by atoms with Crippen molar-refractivity contribution in [2.45, 2.75) is 38.3 Å². The number of esters is 1. The van der Waals surface area contributed by atoms with Crippen molar-refractivity contribution in [3.05, 3.63) is 0 Å². The highest BCUT2D eigenvalue weighted by molar-refractivity contribution is 5.76. The van der Waals surface area contributed by atoms with E-state index in [-0.39, 0.29) is 17.6 Å². The summed E-state index contributed by atoms with van der Waals surface area (Å²) in [6.07, 6.45) is 1.92. The van der Waals surface area contributed by atoms with Crippen LogP contribution in [0.4, 0.5) is 0 Å². The van der Waals surface area contributed by atoms with Crippen LogP contribution in [0.25, 0.3) is 0 Å². The van der Waals surface area contributed by atoms with Gasteiger partial charge in [-0.05, 0) is 26.7 Å². The lowest BCUT2D eigenvalue weighted by Gasteiger charge is -2.18. The number of ether oxygens (including phenoxy) is 1. The van der Waals surface area contributed by atoms with Crippen LogP contribution in [-0.4, -0.2) is 24.7 Å². The minimum atomic E-state index is -0.143. The van der Waals surface area contributed by atoms with Crippen molar-refractivity contribution in [2.75, 3.05) is 7.11 Å². The normalized spacial score (nSPS) is 28.5. The first kappa shape index (κ1) is 8.53. The molecule has 1 unspecified atom stereocenters. The van der Waals surface area contributed by atoms with Gasteiger partial charge in [0.1, 0.15) is 6.04 Å². The molecule has 11 heavy (non-hydrogen) atoms. The Morgan fingerprint density at radius 2 is 2.27 bits per heavy atom. The highest BCUT2D eigenvalue weighted by Gasteiger charge is 2.34. The molecule has 3 heteroatoms. The number of carbonyl (C=O) groups is 1. The molecule has 3 nitrogen and oxygen atoms in total. The van der Waals surface area contributed by atoms with Crippen LogP contribution < -0.4 is 5.32 Å². The van der Waals surface area contributed by atoms with E-state index in [9.17, 15) is 4.79 Å². The molecule has 64 valence electrons. The number of hydrogen-bond donors (Lipinski definition) is 1. The third kappa shape index (κ3) is 1.93. The molecule has 1 rings (SSSR count). The summed E-state index contributed by atoms with van der Waals surface area (Å²) >= 11 is 0. The molecule has 0 aromatic rings. The summed E-state index contributed by atoms with van der Waals surface area (Å²) in [5.74, 6) is -0.143. The first-order valence-corrected chi connectivity index (χ1v) is 3.91. The van der Waals surface area contributed by atoms with Gasteiger partial charge in [-0.3, -0.25) is 10.1 Å². The number of rotatable bonds is 1. The summed E-state index contributed by atoms with van der Waals surface area (Å²) in [5.41, 5.74) is 0.0961. The SMILES string of the molecule is COC(=O)C1CCC(C)(C)N1. The number of nitrogens with one attached hydrogen (secondary N) is 1. The topological polar surface area (TPSA) is 38.3 Å². The zero-order valence-electron chi connectivity index (χ0n) is 7.31. The lowest BCUT2D eigenvalue weighted by atomic mass is 10.0. The Morgan fingerprint density at radius 1 is 1.64 bits per heavy atom. The van der Waals surface area contributed by atoms with Crippen LogP contribution in [0.15, 0.2) is 0 Å². The Balaban J connectivity index is 2.48. The van der Waals surface area contributed by atoms with Crippen molar-refractivity contribution in [1.29, 1.82) is 0 Å². The summed E-state index contributed by atoms with van der Waals surface area (Å²) in [4.78, 5) is 11.0. The summed E-state index contributed by atoms with van der Waals surface area (Å²) in [6.45, 7) is 4.19. The van der Waals surface area contributed by atoms with Gasteiger partial charge in [0.2, 0.25) is 0 Å². The average Bonchev–Trinajstić information content (AvgIpc) is 2.29. The van der Waals surface area contributed by atoms with Crippen LogP contribution in [0.5, 0.6) is 0 Å². The molecule has 1 fully saturated rings. The van der Waals surface area contributed by atoms with Gasteiger partial charge in [-0.25, -0.2) is 0 Å². The molecular weight excluding hydrogens is 142 g/mol. The summed E-state index contributed by atoms with van der Waals surface area (Å²) < 4.78 is 4.63. The smallest absolute Gasteiger partial charge is 0.322 e. The number of hydrogen-bond acceptors (Lipinski definition) is 3. The Labute approximate surface area is 67.1 Å². The van der Waals surface area contributed by atoms with Crippen molar-refractivity contribution in [3.63, 3.8) is 0 Å². The van der Waals surface area contributed by atoms with Gasteiger partial charge in [0.15, 0.2) is 0 Å². The minimum absolute atomic E-state index is 0.0880. The Hall–Kier alpha value is -0.570. The van der Waals surface area contributed by atoms with Gasteiger partial charge < -0.3 is 4.74 Å². The molecule has 1 saturated heterocycles. The molecule has 1 aliphatic heterocycles. The van der Waals surface area contributed by atoms with E-state index >= 15 is 0 Å². The average molecular weight is 157 g/mol. The second kappa shape index (κ2) is 2.81. The molecule has 0 amide bonds. The quantitative estimate of drug-likeness (QED) is 0.569. The second-order valence-corrected chi connectivity index (χ2v) is 3.64. The maximum Gasteiger partial charge on any atom is 0.322 e. The van der Waals surface area contributed by atoms with Crippen LogP contribution >= 0.6 is 0 Å². The predicted molar refractivity (Wildman–Crippen MR) is 42.3 cm³/mol. The van der Waals surface area contributed by atoms with Crippen LogP contribution in [0.1, 0.15) is 26.7 Å². The van der Waals surface area contributed by atoms with E-state index in [2.05, 4.69) is 23.9 Å². The van der Waals surface area contributed by atoms with Gasteiger partial charge in [-0.1, -0.05) is 0 Å². The fourth-order valence-electron chi connectivity index (χ4n) is 1.44. The van der Waals surface area contributed by atoms with E-state index in [1.165, 1.54) is 7.11 Å². The fraction of sp³-hybridized carbons (Fsp3) is 0.875. The van der Waals surface area contributed by atoms with Crippen molar-refractivity contribution in [1.82, 2.24) is 5.32 Å². The van der Waals surface area contributed by atoms with Crippen molar-refractivity contribution in [3.8, 4) is 0 Å². The maximum absolute atomic E-state index is 11.0. The van der Waals surface area contributed by atoms with E-state index in [4.69, 9.17) is 0 Å². The zero-order chi connectivity index (χ0) is 8.48. The highest BCUT2D eigenvalue weighted by atomic mass is 16.5. The molecular formula is C8H15NO2. The van der Waals surface area contributed by atoms with Crippen LogP contribution in [-0.2, 0) is 9.53 Å². The van der Waals surface area contributed by atoms with E-state index in [0.717, 1.165) is 12.8 Å². The molecule has 0 radical (unpaired) electrons. The molecule has 1 atom stereocenters. The first-order chi connectivity index (χ1) is 5.05. The van der Waals surface area contributed by atoms with Crippen LogP contribution in [0.3, 0.4) is 0 Å². The van der Waals surface area contributed by atoms with Crippen LogP contribution in [0.2, 0.25) is 0 Å². The van der Waals surface area contributed by atoms with E-state index in [1.807, 2.05) is 0 Å². The lowest BCUT2D eigenvalue weighted by Crippen LogP contribution is -2.41. The van der Waals surface area contributed by atoms with Crippen LogP contribution in [0, 0.1) is 0 Å². The fourth-order valence-corrected chi connectivity index (χ4v) is 1.44. The maximum atomic E-state index is 11.0. The van der Waals surface area contributed by atoms with Crippen molar-refractivity contribution >= 4 is 5.97 Å². The first-order valence-electron chi connectivity index (χ1n) is 3.91. The molecule has 1 N–H and O–H groups in total. The standard InChI is InChI=1S/C8H15NO2/c1-8(2)5-4-6(9-8)7(10)11-3/h6,9H,4-5H2,1-3H3. The molecule has 0 aromatic carbocycles. The second-order valence-electron chi connectivity index (χ2n) is 3.64. The van der Waals surface area contributed by atoms with E-state index in [0.29, 0.717) is 0 Å². The van der Waals surface area contributed by atoms with Gasteiger partial charge in [-0.15, -0.1) is 0 Å². The Kier molecular flexibility index (Phi) is 2.18. The van der Waals surface area contributed by atoms with Gasteiger partial charge in [0.05, 0.1) is 7.11 Å². The molecule has 1 heterocycles. The molecule has 0 spiro atoms. The summed E-state index contributed by atoms with van der Waals surface area (Å²) in [6, 6.07) is -0.0880. The largest absolute Gasteiger partial charge is 0.468 e. The molecule has 0 aliphatic carbocycles. The molecule has 1 aliphatic rings. The molecule has 0 saturated carbocycles. The van der Waals surface area contributed by atoms with Crippen molar-refractivity contribution in [2.24, 2.45) is 0 Å². The number of carbonyl (C=O) groups excluding carboxylic acids is 1. The van der Waals surface area contributed by atoms with Gasteiger partial charge >= 0.3 is 5.97 Å². The van der Waals surface area contributed by atoms with Gasteiger partial charge in [0.25, 0.3) is 0 Å². The van der Waals surface area contributed by atoms with E-state index < -0.39 is 0 Å². The third-order valence-corrected chi connectivity index (χ3v) is 2.11. The monoisotopic (exact) mass is 157 g/mol. The van der Waals surface area contributed by atoms with E-state index in [1.54, 1.807) is 0 Å². The summed E-state index contributed by atoms with van der Waals surface area (Å²) in [5, 5.41) is 3.21. The highest BCUT2D eigenvalue weighted by Crippen LogP contribution is 2.22. The Morgan fingerprint density at radius 3 is 2.64 bits per heavy atom. The zero-order valence-corrected chi connectivity index (χ0v) is 7.31. The summed E-state index contributed by atoms with van der Waals surface area (Å²) in [7, 11) is 1.43. The van der Waals surface area contributed by atoms with Gasteiger partial charge in [0, 0.05) is 5.54 Å². The Bertz CT molecular complexity index is 165. The predicted octanol–water partition coefficient (Wildman–Crippen LogP) is 0.690. The van der Waals surface area contributed by atoms with Crippen molar-refractivity contribution < 1.29 is 9.53 Å². The lowest BCUT2D eigenvalue weighted by molar-refractivity contribution is -0.142. The molecule has 0 aromatic heterocycles. The van der Waals surface area contributed by atoms with Gasteiger partial charge in [-0.2, -0.15) is 0 Å².